The molecule has 3 rings (SSSR count). The minimum atomic E-state index is 0.651. The number of aryl methyl sites for hydroxylation is 1. The number of anilines is 2. The van der Waals surface area contributed by atoms with Crippen LogP contribution in [0.3, 0.4) is 0 Å². The number of aromatic nitrogens is 2. The molecule has 5 nitrogen and oxygen atoms in total. The van der Waals surface area contributed by atoms with Crippen LogP contribution in [-0.4, -0.2) is 23.1 Å². The SMILES string of the molecule is Cc1cccc(-c2cc(NN)nc(N3CCCC3)n2)c1. The molecule has 104 valence electrons. The molecule has 5 heteroatoms. The summed E-state index contributed by atoms with van der Waals surface area (Å²) in [6.45, 7) is 4.11. The Balaban J connectivity index is 2.03. The number of rotatable bonds is 3. The number of benzene rings is 1. The van der Waals surface area contributed by atoms with Gasteiger partial charge in [-0.1, -0.05) is 23.8 Å². The summed E-state index contributed by atoms with van der Waals surface area (Å²) in [6.07, 6.45) is 2.40. The van der Waals surface area contributed by atoms with E-state index >= 15 is 0 Å². The summed E-state index contributed by atoms with van der Waals surface area (Å²) >= 11 is 0. The molecule has 1 aromatic heterocycles. The van der Waals surface area contributed by atoms with Crippen LogP contribution in [0.15, 0.2) is 30.3 Å². The van der Waals surface area contributed by atoms with E-state index in [2.05, 4.69) is 40.4 Å². The molecule has 0 radical (unpaired) electrons. The van der Waals surface area contributed by atoms with Crippen LogP contribution in [0.5, 0.6) is 0 Å². The van der Waals surface area contributed by atoms with E-state index in [1.54, 1.807) is 0 Å². The number of hydrogen-bond donors (Lipinski definition) is 2. The Kier molecular flexibility index (Phi) is 3.52. The lowest BCUT2D eigenvalue weighted by Gasteiger charge is -2.17. The summed E-state index contributed by atoms with van der Waals surface area (Å²) in [4.78, 5) is 11.4. The van der Waals surface area contributed by atoms with Crippen LogP contribution in [0.4, 0.5) is 11.8 Å². The largest absolute Gasteiger partial charge is 0.341 e. The molecule has 2 heterocycles. The Morgan fingerprint density at radius 3 is 2.65 bits per heavy atom. The highest BCUT2D eigenvalue weighted by Crippen LogP contribution is 2.25. The Hall–Kier alpha value is -2.14. The van der Waals surface area contributed by atoms with E-state index < -0.39 is 0 Å². The second-order valence-corrected chi connectivity index (χ2v) is 5.15. The van der Waals surface area contributed by atoms with E-state index in [1.807, 2.05) is 12.1 Å². The predicted octanol–water partition coefficient (Wildman–Crippen LogP) is 2.34. The van der Waals surface area contributed by atoms with E-state index in [9.17, 15) is 0 Å². The fraction of sp³-hybridized carbons (Fsp3) is 0.333. The first-order valence-electron chi connectivity index (χ1n) is 6.94. The van der Waals surface area contributed by atoms with Gasteiger partial charge in [-0.2, -0.15) is 4.98 Å². The van der Waals surface area contributed by atoms with Gasteiger partial charge < -0.3 is 10.3 Å². The van der Waals surface area contributed by atoms with Crippen molar-refractivity contribution < 1.29 is 0 Å². The average molecular weight is 269 g/mol. The number of hydrazine groups is 1. The van der Waals surface area contributed by atoms with Gasteiger partial charge in [0, 0.05) is 24.7 Å². The van der Waals surface area contributed by atoms with Gasteiger partial charge in [-0.3, -0.25) is 0 Å². The molecule has 1 fully saturated rings. The monoisotopic (exact) mass is 269 g/mol. The molecule has 0 bridgehead atoms. The van der Waals surface area contributed by atoms with Gasteiger partial charge in [0.15, 0.2) is 0 Å². The number of nitrogens with two attached hydrogens (primary N) is 1. The van der Waals surface area contributed by atoms with Crippen molar-refractivity contribution in [3.63, 3.8) is 0 Å². The summed E-state index contributed by atoms with van der Waals surface area (Å²) in [5.41, 5.74) is 5.84. The van der Waals surface area contributed by atoms with Crippen LogP contribution in [0.2, 0.25) is 0 Å². The second-order valence-electron chi connectivity index (χ2n) is 5.15. The first kappa shape index (κ1) is 12.9. The van der Waals surface area contributed by atoms with Crippen LogP contribution in [0, 0.1) is 6.92 Å². The second kappa shape index (κ2) is 5.46. The number of nitrogens with one attached hydrogen (secondary N) is 1. The first-order valence-corrected chi connectivity index (χ1v) is 6.94. The molecule has 0 aliphatic carbocycles. The van der Waals surface area contributed by atoms with Gasteiger partial charge in [-0.25, -0.2) is 10.8 Å². The van der Waals surface area contributed by atoms with E-state index in [-0.39, 0.29) is 0 Å². The molecule has 20 heavy (non-hydrogen) atoms. The van der Waals surface area contributed by atoms with Crippen molar-refractivity contribution in [2.45, 2.75) is 19.8 Å². The summed E-state index contributed by atoms with van der Waals surface area (Å²) in [5, 5.41) is 0. The van der Waals surface area contributed by atoms with Crippen molar-refractivity contribution in [1.82, 2.24) is 9.97 Å². The molecule has 0 amide bonds. The molecular formula is C15H19N5. The highest BCUT2D eigenvalue weighted by Gasteiger charge is 2.16. The number of hydrogen-bond acceptors (Lipinski definition) is 5. The zero-order valence-corrected chi connectivity index (χ0v) is 11.6. The third-order valence-corrected chi connectivity index (χ3v) is 3.56. The summed E-state index contributed by atoms with van der Waals surface area (Å²) in [5.74, 6) is 6.95. The van der Waals surface area contributed by atoms with Crippen molar-refractivity contribution in [3.8, 4) is 11.3 Å². The van der Waals surface area contributed by atoms with Gasteiger partial charge in [-0.15, -0.1) is 0 Å². The lowest BCUT2D eigenvalue weighted by molar-refractivity contribution is 0.900. The van der Waals surface area contributed by atoms with Crippen LogP contribution in [0.25, 0.3) is 11.3 Å². The quantitative estimate of drug-likeness (QED) is 0.661. The molecule has 1 saturated heterocycles. The molecule has 1 aliphatic rings. The molecule has 1 aliphatic heterocycles. The molecule has 0 atom stereocenters. The Morgan fingerprint density at radius 2 is 1.95 bits per heavy atom. The maximum absolute atomic E-state index is 5.54. The van der Waals surface area contributed by atoms with Crippen LogP contribution < -0.4 is 16.2 Å². The van der Waals surface area contributed by atoms with Crippen molar-refractivity contribution in [1.29, 1.82) is 0 Å². The maximum Gasteiger partial charge on any atom is 0.227 e. The highest BCUT2D eigenvalue weighted by molar-refractivity contribution is 5.65. The van der Waals surface area contributed by atoms with E-state index in [0.29, 0.717) is 5.82 Å². The van der Waals surface area contributed by atoms with Gasteiger partial charge >= 0.3 is 0 Å². The Bertz CT molecular complexity index is 605. The topological polar surface area (TPSA) is 67.1 Å². The molecule has 0 spiro atoms. The zero-order valence-electron chi connectivity index (χ0n) is 11.6. The molecule has 3 N–H and O–H groups in total. The maximum atomic E-state index is 5.54. The minimum absolute atomic E-state index is 0.651. The van der Waals surface area contributed by atoms with Crippen molar-refractivity contribution in [2.24, 2.45) is 5.84 Å². The molecular weight excluding hydrogens is 250 g/mol. The van der Waals surface area contributed by atoms with Crippen molar-refractivity contribution in [2.75, 3.05) is 23.4 Å². The summed E-state index contributed by atoms with van der Waals surface area (Å²) < 4.78 is 0. The summed E-state index contributed by atoms with van der Waals surface area (Å²) in [6, 6.07) is 10.2. The fourth-order valence-corrected chi connectivity index (χ4v) is 2.52. The fourth-order valence-electron chi connectivity index (χ4n) is 2.52. The highest BCUT2D eigenvalue weighted by atomic mass is 15.3. The number of nitrogen functional groups attached to an aromatic ring is 1. The normalized spacial score (nSPS) is 14.6. The first-order chi connectivity index (χ1) is 9.76. The zero-order chi connectivity index (χ0) is 13.9. The molecule has 2 aromatic rings. The Labute approximate surface area is 118 Å². The van der Waals surface area contributed by atoms with Gasteiger partial charge in [0.25, 0.3) is 0 Å². The van der Waals surface area contributed by atoms with E-state index in [1.165, 1.54) is 18.4 Å². The molecule has 1 aromatic carbocycles. The van der Waals surface area contributed by atoms with Crippen LogP contribution in [0.1, 0.15) is 18.4 Å². The van der Waals surface area contributed by atoms with E-state index in [0.717, 1.165) is 30.3 Å². The van der Waals surface area contributed by atoms with Crippen molar-refractivity contribution >= 4 is 11.8 Å². The average Bonchev–Trinajstić information content (AvgIpc) is 3.01. The van der Waals surface area contributed by atoms with Gasteiger partial charge in [-0.05, 0) is 25.8 Å². The minimum Gasteiger partial charge on any atom is -0.341 e. The van der Waals surface area contributed by atoms with Gasteiger partial charge in [0.1, 0.15) is 5.82 Å². The van der Waals surface area contributed by atoms with Gasteiger partial charge in [0.05, 0.1) is 5.69 Å². The smallest absolute Gasteiger partial charge is 0.227 e. The lowest BCUT2D eigenvalue weighted by Crippen LogP contribution is -2.22. The van der Waals surface area contributed by atoms with E-state index in [4.69, 9.17) is 10.8 Å². The van der Waals surface area contributed by atoms with Crippen LogP contribution >= 0.6 is 0 Å². The molecule has 0 unspecified atom stereocenters. The van der Waals surface area contributed by atoms with Gasteiger partial charge in [0.2, 0.25) is 5.95 Å². The Morgan fingerprint density at radius 1 is 1.15 bits per heavy atom. The third-order valence-electron chi connectivity index (χ3n) is 3.56. The summed E-state index contributed by atoms with van der Waals surface area (Å²) in [7, 11) is 0. The predicted molar refractivity (Wildman–Crippen MR) is 81.5 cm³/mol. The standard InChI is InChI=1S/C15H19N5/c1-11-5-4-6-12(9-11)13-10-14(19-16)18-15(17-13)20-7-2-3-8-20/h4-6,9-10H,2-3,7-8,16H2,1H3,(H,17,18,19). The lowest BCUT2D eigenvalue weighted by atomic mass is 10.1. The molecule has 0 saturated carbocycles. The van der Waals surface area contributed by atoms with Crippen LogP contribution in [-0.2, 0) is 0 Å². The number of nitrogens with zero attached hydrogens (tertiary/aromatic N) is 3. The third kappa shape index (κ3) is 2.58. The van der Waals surface area contributed by atoms with Crippen molar-refractivity contribution in [3.05, 3.63) is 35.9 Å².